The molecule has 0 aliphatic carbocycles. The average molecular weight is 250 g/mol. The van der Waals surface area contributed by atoms with Crippen molar-refractivity contribution in [3.8, 4) is 0 Å². The molecule has 1 unspecified atom stereocenters. The SMILES string of the molecule is Clc1ccn2c(C3CCCCNC3)ncc2c1. The topological polar surface area (TPSA) is 29.3 Å². The highest BCUT2D eigenvalue weighted by molar-refractivity contribution is 6.30. The Hall–Kier alpha value is -1.06. The highest BCUT2D eigenvalue weighted by Gasteiger charge is 2.18. The zero-order valence-corrected chi connectivity index (χ0v) is 10.5. The van der Waals surface area contributed by atoms with Gasteiger partial charge in [0.15, 0.2) is 0 Å². The van der Waals surface area contributed by atoms with Crippen molar-refractivity contribution in [1.82, 2.24) is 14.7 Å². The molecule has 3 nitrogen and oxygen atoms in total. The number of pyridine rings is 1. The number of hydrogen-bond acceptors (Lipinski definition) is 2. The Bertz CT molecular complexity index is 512. The molecule has 1 N–H and O–H groups in total. The van der Waals surface area contributed by atoms with Crippen molar-refractivity contribution in [2.75, 3.05) is 13.1 Å². The van der Waals surface area contributed by atoms with Gasteiger partial charge in [-0.2, -0.15) is 0 Å². The van der Waals surface area contributed by atoms with Crippen LogP contribution >= 0.6 is 11.6 Å². The van der Waals surface area contributed by atoms with Crippen LogP contribution in [0.3, 0.4) is 0 Å². The van der Waals surface area contributed by atoms with E-state index in [2.05, 4.69) is 14.7 Å². The van der Waals surface area contributed by atoms with Crippen molar-refractivity contribution in [3.63, 3.8) is 0 Å². The Labute approximate surface area is 106 Å². The molecule has 0 bridgehead atoms. The predicted octanol–water partition coefficient (Wildman–Crippen LogP) is 2.84. The van der Waals surface area contributed by atoms with E-state index >= 15 is 0 Å². The molecule has 0 radical (unpaired) electrons. The molecule has 0 aromatic carbocycles. The van der Waals surface area contributed by atoms with Gasteiger partial charge in [0.2, 0.25) is 0 Å². The third kappa shape index (κ3) is 2.17. The van der Waals surface area contributed by atoms with Crippen molar-refractivity contribution in [2.24, 2.45) is 0 Å². The lowest BCUT2D eigenvalue weighted by molar-refractivity contribution is 0.576. The molecule has 3 rings (SSSR count). The highest BCUT2D eigenvalue weighted by atomic mass is 35.5. The summed E-state index contributed by atoms with van der Waals surface area (Å²) in [5.74, 6) is 1.67. The smallest absolute Gasteiger partial charge is 0.117 e. The van der Waals surface area contributed by atoms with Crippen LogP contribution in [0.1, 0.15) is 31.0 Å². The number of fused-ring (bicyclic) bond motifs is 1. The first-order valence-corrected chi connectivity index (χ1v) is 6.55. The van der Waals surface area contributed by atoms with E-state index in [9.17, 15) is 0 Å². The lowest BCUT2D eigenvalue weighted by Gasteiger charge is -2.13. The standard InChI is InChI=1S/C13H16ClN3/c14-11-4-6-17-12(7-11)9-16-13(17)10-3-1-2-5-15-8-10/h4,6-7,9-10,15H,1-3,5,8H2. The first kappa shape index (κ1) is 11.1. The van der Waals surface area contributed by atoms with Crippen molar-refractivity contribution >= 4 is 17.1 Å². The van der Waals surface area contributed by atoms with E-state index in [1.54, 1.807) is 0 Å². The van der Waals surface area contributed by atoms with Crippen LogP contribution in [0.2, 0.25) is 5.02 Å². The van der Waals surface area contributed by atoms with Gasteiger partial charge in [-0.15, -0.1) is 0 Å². The van der Waals surface area contributed by atoms with Crippen molar-refractivity contribution in [2.45, 2.75) is 25.2 Å². The number of hydrogen-bond donors (Lipinski definition) is 1. The van der Waals surface area contributed by atoms with Gasteiger partial charge in [0.25, 0.3) is 0 Å². The lowest BCUT2D eigenvalue weighted by atomic mass is 10.0. The Kier molecular flexibility index (Phi) is 3.04. The van der Waals surface area contributed by atoms with E-state index in [1.165, 1.54) is 19.3 Å². The number of nitrogens with zero attached hydrogens (tertiary/aromatic N) is 2. The number of rotatable bonds is 1. The highest BCUT2D eigenvalue weighted by Crippen LogP contribution is 2.24. The fourth-order valence-corrected chi connectivity index (χ4v) is 2.70. The minimum absolute atomic E-state index is 0.515. The lowest BCUT2D eigenvalue weighted by Crippen LogP contribution is -2.20. The second-order valence-corrected chi connectivity index (χ2v) is 5.09. The summed E-state index contributed by atoms with van der Waals surface area (Å²) >= 11 is 5.99. The maximum Gasteiger partial charge on any atom is 0.117 e. The van der Waals surface area contributed by atoms with Crippen LogP contribution in [0.15, 0.2) is 24.5 Å². The fourth-order valence-electron chi connectivity index (χ4n) is 2.53. The summed E-state index contributed by atoms with van der Waals surface area (Å²) in [7, 11) is 0. The molecule has 0 spiro atoms. The molecule has 1 saturated heterocycles. The molecule has 3 heterocycles. The molecule has 1 fully saturated rings. The molecule has 1 atom stereocenters. The summed E-state index contributed by atoms with van der Waals surface area (Å²) in [6, 6.07) is 3.88. The third-order valence-electron chi connectivity index (χ3n) is 3.43. The molecule has 1 aliphatic heterocycles. The molecule has 0 saturated carbocycles. The van der Waals surface area contributed by atoms with E-state index in [0.29, 0.717) is 5.92 Å². The minimum atomic E-state index is 0.515. The Balaban J connectivity index is 1.98. The monoisotopic (exact) mass is 249 g/mol. The van der Waals surface area contributed by atoms with Gasteiger partial charge < -0.3 is 9.72 Å². The number of halogens is 1. The molecule has 90 valence electrons. The molecular weight excluding hydrogens is 234 g/mol. The maximum atomic E-state index is 5.99. The van der Waals surface area contributed by atoms with E-state index in [1.807, 2.05) is 24.5 Å². The van der Waals surface area contributed by atoms with Crippen LogP contribution in [0, 0.1) is 0 Å². The van der Waals surface area contributed by atoms with Gasteiger partial charge >= 0.3 is 0 Å². The fraction of sp³-hybridized carbons (Fsp3) is 0.462. The molecule has 0 amide bonds. The normalized spacial score (nSPS) is 21.6. The molecule has 1 aliphatic rings. The van der Waals surface area contributed by atoms with Gasteiger partial charge in [-0.05, 0) is 31.5 Å². The van der Waals surface area contributed by atoms with Crippen LogP contribution in [0.5, 0.6) is 0 Å². The van der Waals surface area contributed by atoms with E-state index < -0.39 is 0 Å². The first-order chi connectivity index (χ1) is 8.34. The molecule has 17 heavy (non-hydrogen) atoms. The van der Waals surface area contributed by atoms with Crippen LogP contribution in [-0.4, -0.2) is 22.5 Å². The maximum absolute atomic E-state index is 5.99. The zero-order valence-electron chi connectivity index (χ0n) is 9.69. The van der Waals surface area contributed by atoms with Gasteiger partial charge in [0.1, 0.15) is 5.82 Å². The summed E-state index contributed by atoms with van der Waals surface area (Å²) in [6.07, 6.45) is 7.69. The summed E-state index contributed by atoms with van der Waals surface area (Å²) in [5, 5.41) is 4.25. The van der Waals surface area contributed by atoms with Gasteiger partial charge in [0.05, 0.1) is 11.7 Å². The van der Waals surface area contributed by atoms with Crippen molar-refractivity contribution < 1.29 is 0 Å². The predicted molar refractivity (Wildman–Crippen MR) is 69.7 cm³/mol. The summed E-state index contributed by atoms with van der Waals surface area (Å²) in [6.45, 7) is 2.16. The van der Waals surface area contributed by atoms with Gasteiger partial charge in [0, 0.05) is 23.7 Å². The second kappa shape index (κ2) is 4.67. The van der Waals surface area contributed by atoms with Gasteiger partial charge in [-0.1, -0.05) is 18.0 Å². The van der Waals surface area contributed by atoms with Crippen LogP contribution in [0.4, 0.5) is 0 Å². The minimum Gasteiger partial charge on any atom is -0.316 e. The first-order valence-electron chi connectivity index (χ1n) is 6.18. The third-order valence-corrected chi connectivity index (χ3v) is 3.67. The molecule has 4 heteroatoms. The summed E-state index contributed by atoms with van der Waals surface area (Å²) < 4.78 is 2.16. The molecule has 2 aromatic rings. The number of nitrogens with one attached hydrogen (secondary N) is 1. The Morgan fingerprint density at radius 1 is 1.41 bits per heavy atom. The zero-order chi connectivity index (χ0) is 11.7. The van der Waals surface area contributed by atoms with Gasteiger partial charge in [-0.25, -0.2) is 4.98 Å². The van der Waals surface area contributed by atoms with Gasteiger partial charge in [-0.3, -0.25) is 0 Å². The average Bonchev–Trinajstić information content (AvgIpc) is 2.57. The van der Waals surface area contributed by atoms with E-state index in [-0.39, 0.29) is 0 Å². The second-order valence-electron chi connectivity index (χ2n) is 4.65. The van der Waals surface area contributed by atoms with Crippen LogP contribution in [-0.2, 0) is 0 Å². The largest absolute Gasteiger partial charge is 0.316 e. The van der Waals surface area contributed by atoms with Crippen molar-refractivity contribution in [1.29, 1.82) is 0 Å². The quantitative estimate of drug-likeness (QED) is 0.842. The van der Waals surface area contributed by atoms with E-state index in [0.717, 1.165) is 29.5 Å². The molecule has 2 aromatic heterocycles. The van der Waals surface area contributed by atoms with Crippen molar-refractivity contribution in [3.05, 3.63) is 35.4 Å². The molecular formula is C13H16ClN3. The van der Waals surface area contributed by atoms with Crippen LogP contribution in [0.25, 0.3) is 5.52 Å². The number of aromatic nitrogens is 2. The van der Waals surface area contributed by atoms with E-state index in [4.69, 9.17) is 11.6 Å². The summed E-state index contributed by atoms with van der Waals surface area (Å²) in [4.78, 5) is 4.57. The van der Waals surface area contributed by atoms with Crippen LogP contribution < -0.4 is 5.32 Å². The number of imidazole rings is 1. The summed E-state index contributed by atoms with van der Waals surface area (Å²) in [5.41, 5.74) is 1.08. The Morgan fingerprint density at radius 3 is 3.29 bits per heavy atom. The Morgan fingerprint density at radius 2 is 2.35 bits per heavy atom.